The molecule has 0 saturated carbocycles. The van der Waals surface area contributed by atoms with Crippen LogP contribution in [-0.2, 0) is 11.3 Å². The van der Waals surface area contributed by atoms with Crippen LogP contribution in [0.25, 0.3) is 11.4 Å². The van der Waals surface area contributed by atoms with E-state index < -0.39 is 0 Å². The summed E-state index contributed by atoms with van der Waals surface area (Å²) in [6.07, 6.45) is 1.79. The highest BCUT2D eigenvalue weighted by atomic mass is 16.5. The van der Waals surface area contributed by atoms with Crippen LogP contribution in [0.2, 0.25) is 0 Å². The third-order valence-electron chi connectivity index (χ3n) is 5.67. The SMILES string of the molecule is CCN(CC)C(=O)C1CCN(Cc2nc(-c3ccc(C(C)C)cc3)no2)CC1. The van der Waals surface area contributed by atoms with Crippen LogP contribution in [0.15, 0.2) is 28.8 Å². The number of nitrogens with zero attached hydrogens (tertiary/aromatic N) is 4. The highest BCUT2D eigenvalue weighted by molar-refractivity contribution is 5.78. The van der Waals surface area contributed by atoms with Gasteiger partial charge in [-0.1, -0.05) is 43.3 Å². The van der Waals surface area contributed by atoms with Crippen molar-refractivity contribution in [3.05, 3.63) is 35.7 Å². The molecule has 2 heterocycles. The summed E-state index contributed by atoms with van der Waals surface area (Å²) >= 11 is 0. The number of piperidine rings is 1. The number of rotatable bonds is 7. The third kappa shape index (κ3) is 4.79. The Kier molecular flexibility index (Phi) is 6.83. The molecule has 28 heavy (non-hydrogen) atoms. The molecule has 1 aliphatic rings. The van der Waals surface area contributed by atoms with Crippen molar-refractivity contribution in [3.63, 3.8) is 0 Å². The van der Waals surface area contributed by atoms with E-state index in [1.807, 2.05) is 30.9 Å². The zero-order valence-corrected chi connectivity index (χ0v) is 17.5. The Labute approximate surface area is 167 Å². The molecule has 1 aromatic carbocycles. The molecule has 0 spiro atoms. The average Bonchev–Trinajstić information content (AvgIpc) is 3.18. The average molecular weight is 385 g/mol. The second-order valence-corrected chi connectivity index (χ2v) is 7.85. The Bertz CT molecular complexity index is 757. The topological polar surface area (TPSA) is 62.5 Å². The van der Waals surface area contributed by atoms with Gasteiger partial charge in [0.15, 0.2) is 0 Å². The lowest BCUT2D eigenvalue weighted by Crippen LogP contribution is -2.42. The number of likely N-dealkylation sites (tertiary alicyclic amines) is 1. The molecule has 1 fully saturated rings. The van der Waals surface area contributed by atoms with Crippen molar-refractivity contribution in [1.82, 2.24) is 19.9 Å². The number of carbonyl (C=O) groups excluding carboxylic acids is 1. The minimum absolute atomic E-state index is 0.147. The second-order valence-electron chi connectivity index (χ2n) is 7.85. The van der Waals surface area contributed by atoms with Crippen molar-refractivity contribution in [1.29, 1.82) is 0 Å². The first-order valence-electron chi connectivity index (χ1n) is 10.5. The molecule has 3 rings (SSSR count). The molecule has 152 valence electrons. The Morgan fingerprint density at radius 3 is 2.39 bits per heavy atom. The van der Waals surface area contributed by atoms with Crippen molar-refractivity contribution in [2.45, 2.75) is 53.0 Å². The van der Waals surface area contributed by atoms with E-state index in [-0.39, 0.29) is 5.92 Å². The van der Waals surface area contributed by atoms with Crippen LogP contribution in [-0.4, -0.2) is 52.0 Å². The van der Waals surface area contributed by atoms with Crippen LogP contribution >= 0.6 is 0 Å². The summed E-state index contributed by atoms with van der Waals surface area (Å²) < 4.78 is 5.47. The van der Waals surface area contributed by atoms with E-state index in [0.717, 1.165) is 44.6 Å². The van der Waals surface area contributed by atoms with Crippen molar-refractivity contribution >= 4 is 5.91 Å². The van der Waals surface area contributed by atoms with Crippen molar-refractivity contribution < 1.29 is 9.32 Å². The van der Waals surface area contributed by atoms with Gasteiger partial charge in [0.05, 0.1) is 6.54 Å². The van der Waals surface area contributed by atoms with Crippen LogP contribution in [0.1, 0.15) is 57.9 Å². The highest BCUT2D eigenvalue weighted by Gasteiger charge is 2.28. The Morgan fingerprint density at radius 2 is 1.82 bits per heavy atom. The minimum atomic E-state index is 0.147. The predicted molar refractivity (Wildman–Crippen MR) is 110 cm³/mol. The minimum Gasteiger partial charge on any atom is -0.343 e. The molecule has 0 N–H and O–H groups in total. The van der Waals surface area contributed by atoms with Gasteiger partial charge in [0, 0.05) is 24.6 Å². The van der Waals surface area contributed by atoms with Gasteiger partial charge < -0.3 is 9.42 Å². The fourth-order valence-corrected chi connectivity index (χ4v) is 3.78. The van der Waals surface area contributed by atoms with E-state index in [0.29, 0.717) is 30.1 Å². The first-order chi connectivity index (χ1) is 13.5. The molecule has 2 aromatic rings. The molecule has 0 radical (unpaired) electrons. The summed E-state index contributed by atoms with van der Waals surface area (Å²) in [5.41, 5.74) is 2.28. The molecule has 0 unspecified atom stereocenters. The van der Waals surface area contributed by atoms with Gasteiger partial charge >= 0.3 is 0 Å². The third-order valence-corrected chi connectivity index (χ3v) is 5.67. The number of hydrogen-bond acceptors (Lipinski definition) is 5. The van der Waals surface area contributed by atoms with Crippen LogP contribution in [0.4, 0.5) is 0 Å². The summed E-state index contributed by atoms with van der Waals surface area (Å²) in [4.78, 5) is 21.3. The van der Waals surface area contributed by atoms with E-state index in [1.165, 1.54) is 5.56 Å². The zero-order chi connectivity index (χ0) is 20.1. The highest BCUT2D eigenvalue weighted by Crippen LogP contribution is 2.23. The van der Waals surface area contributed by atoms with E-state index in [1.54, 1.807) is 0 Å². The lowest BCUT2D eigenvalue weighted by atomic mass is 9.95. The molecule has 1 aromatic heterocycles. The van der Waals surface area contributed by atoms with E-state index in [4.69, 9.17) is 4.52 Å². The van der Waals surface area contributed by atoms with Gasteiger partial charge in [-0.05, 0) is 51.3 Å². The second kappa shape index (κ2) is 9.32. The summed E-state index contributed by atoms with van der Waals surface area (Å²) in [6, 6.07) is 8.34. The fourth-order valence-electron chi connectivity index (χ4n) is 3.78. The maximum atomic E-state index is 12.5. The van der Waals surface area contributed by atoms with E-state index >= 15 is 0 Å². The molecule has 0 bridgehead atoms. The fraction of sp³-hybridized carbons (Fsp3) is 0.591. The number of aromatic nitrogens is 2. The molecular formula is C22H32N4O2. The first-order valence-corrected chi connectivity index (χ1v) is 10.5. The van der Waals surface area contributed by atoms with Crippen LogP contribution < -0.4 is 0 Å². The molecule has 1 amide bonds. The van der Waals surface area contributed by atoms with Crippen LogP contribution in [0.3, 0.4) is 0 Å². The standard InChI is InChI=1S/C22H32N4O2/c1-5-26(6-2)22(27)19-11-13-25(14-12-19)15-20-23-21(24-28-20)18-9-7-17(8-10-18)16(3)4/h7-10,16,19H,5-6,11-15H2,1-4H3. The summed E-state index contributed by atoms with van der Waals surface area (Å²) in [5.74, 6) is 2.23. The normalized spacial score (nSPS) is 15.9. The molecule has 6 heteroatoms. The van der Waals surface area contributed by atoms with Gasteiger partial charge in [-0.3, -0.25) is 9.69 Å². The molecule has 0 aliphatic carbocycles. The number of hydrogen-bond donors (Lipinski definition) is 0. The van der Waals surface area contributed by atoms with Gasteiger partial charge in [0.25, 0.3) is 0 Å². The summed E-state index contributed by atoms with van der Waals surface area (Å²) in [6.45, 7) is 12.4. The van der Waals surface area contributed by atoms with Crippen molar-refractivity contribution in [2.75, 3.05) is 26.2 Å². The van der Waals surface area contributed by atoms with Gasteiger partial charge in [-0.15, -0.1) is 0 Å². The van der Waals surface area contributed by atoms with E-state index in [2.05, 4.69) is 41.0 Å². The van der Waals surface area contributed by atoms with Gasteiger partial charge in [0.1, 0.15) is 0 Å². The summed E-state index contributed by atoms with van der Waals surface area (Å²) in [5, 5.41) is 4.14. The summed E-state index contributed by atoms with van der Waals surface area (Å²) in [7, 11) is 0. The molecule has 1 saturated heterocycles. The van der Waals surface area contributed by atoms with Gasteiger partial charge in [0.2, 0.25) is 17.6 Å². The van der Waals surface area contributed by atoms with Crippen LogP contribution in [0.5, 0.6) is 0 Å². The molecule has 1 aliphatic heterocycles. The Hall–Kier alpha value is -2.21. The lowest BCUT2D eigenvalue weighted by Gasteiger charge is -2.32. The van der Waals surface area contributed by atoms with Gasteiger partial charge in [-0.25, -0.2) is 0 Å². The molecule has 6 nitrogen and oxygen atoms in total. The van der Waals surface area contributed by atoms with E-state index in [9.17, 15) is 4.79 Å². The van der Waals surface area contributed by atoms with Crippen molar-refractivity contribution in [3.8, 4) is 11.4 Å². The molecular weight excluding hydrogens is 352 g/mol. The predicted octanol–water partition coefficient (Wildman–Crippen LogP) is 3.94. The lowest BCUT2D eigenvalue weighted by molar-refractivity contribution is -0.136. The smallest absolute Gasteiger partial charge is 0.241 e. The largest absolute Gasteiger partial charge is 0.343 e. The maximum Gasteiger partial charge on any atom is 0.241 e. The number of carbonyl (C=O) groups is 1. The van der Waals surface area contributed by atoms with Gasteiger partial charge in [-0.2, -0.15) is 4.98 Å². The molecule has 0 atom stereocenters. The Balaban J connectivity index is 1.54. The number of amides is 1. The Morgan fingerprint density at radius 1 is 1.18 bits per heavy atom. The van der Waals surface area contributed by atoms with Crippen LogP contribution in [0, 0.1) is 5.92 Å². The monoisotopic (exact) mass is 384 g/mol. The maximum absolute atomic E-state index is 12.5. The first kappa shape index (κ1) is 20.5. The number of benzene rings is 1. The quantitative estimate of drug-likeness (QED) is 0.723. The zero-order valence-electron chi connectivity index (χ0n) is 17.5. The van der Waals surface area contributed by atoms with Crippen molar-refractivity contribution in [2.24, 2.45) is 5.92 Å².